The lowest BCUT2D eigenvalue weighted by molar-refractivity contribution is 0.980. The minimum Gasteiger partial charge on any atom is -0.305 e. The third kappa shape index (κ3) is 1.53. The molecule has 3 nitrogen and oxygen atoms in total. The highest BCUT2D eigenvalue weighted by Crippen LogP contribution is 2.41. The summed E-state index contributed by atoms with van der Waals surface area (Å²) in [5, 5.41) is 1.66. The highest BCUT2D eigenvalue weighted by atomic mass is 35.5. The molecule has 0 spiro atoms. The quantitative estimate of drug-likeness (QED) is 0.803. The smallest absolute Gasteiger partial charge is 0.305 e. The fraction of sp³-hybridized carbons (Fsp3) is 0.273. The molecule has 0 atom stereocenters. The van der Waals surface area contributed by atoms with Crippen molar-refractivity contribution in [3.05, 3.63) is 39.4 Å². The van der Waals surface area contributed by atoms with Gasteiger partial charge in [0.2, 0.25) is 0 Å². The number of hydrogen-bond donors (Lipinski definition) is 1. The number of rotatable bonds is 1. The predicted octanol–water partition coefficient (Wildman–Crippen LogP) is 2.45. The van der Waals surface area contributed by atoms with E-state index in [4.69, 9.17) is 11.6 Å². The zero-order chi connectivity index (χ0) is 10.4. The maximum atomic E-state index is 11.3. The average Bonchev–Trinajstić information content (AvgIpc) is 3.01. The largest absolute Gasteiger partial charge is 0.345 e. The monoisotopic (exact) mass is 220 g/mol. The van der Waals surface area contributed by atoms with Gasteiger partial charge in [-0.3, -0.25) is 0 Å². The van der Waals surface area contributed by atoms with Crippen LogP contribution in [-0.4, -0.2) is 9.97 Å². The standard InChI is InChI=1S/C11H9ClN2O/c12-7-3-4-9-8(5-7)10(6-1-2-6)14-11(15)13-9/h3-6H,1-2H2,(H,13,14,15). The lowest BCUT2D eigenvalue weighted by atomic mass is 10.1. The third-order valence-electron chi connectivity index (χ3n) is 2.69. The molecule has 0 radical (unpaired) electrons. The summed E-state index contributed by atoms with van der Waals surface area (Å²) >= 11 is 5.94. The number of aromatic nitrogens is 2. The molecule has 0 unspecified atom stereocenters. The Labute approximate surface area is 91.1 Å². The van der Waals surface area contributed by atoms with Crippen molar-refractivity contribution >= 4 is 22.5 Å². The van der Waals surface area contributed by atoms with Crippen molar-refractivity contribution in [2.75, 3.05) is 0 Å². The molecule has 1 aromatic carbocycles. The first-order valence-electron chi connectivity index (χ1n) is 4.93. The van der Waals surface area contributed by atoms with E-state index in [-0.39, 0.29) is 5.69 Å². The van der Waals surface area contributed by atoms with Gasteiger partial charge < -0.3 is 4.98 Å². The molecule has 1 aromatic heterocycles. The van der Waals surface area contributed by atoms with E-state index in [0.717, 1.165) is 29.4 Å². The van der Waals surface area contributed by atoms with E-state index >= 15 is 0 Å². The molecule has 0 aliphatic heterocycles. The number of nitrogens with one attached hydrogen (secondary N) is 1. The zero-order valence-corrected chi connectivity index (χ0v) is 8.71. The first kappa shape index (κ1) is 8.92. The van der Waals surface area contributed by atoms with Gasteiger partial charge in [0.05, 0.1) is 11.2 Å². The maximum Gasteiger partial charge on any atom is 0.345 e. The SMILES string of the molecule is O=c1nc(C2CC2)c2cc(Cl)ccc2[nH]1. The predicted molar refractivity (Wildman–Crippen MR) is 59.3 cm³/mol. The average molecular weight is 221 g/mol. The Bertz CT molecular complexity index is 587. The van der Waals surface area contributed by atoms with Crippen LogP contribution in [0.5, 0.6) is 0 Å². The summed E-state index contributed by atoms with van der Waals surface area (Å²) in [4.78, 5) is 18.1. The molecule has 76 valence electrons. The first-order chi connectivity index (χ1) is 7.24. The molecule has 0 saturated heterocycles. The summed E-state index contributed by atoms with van der Waals surface area (Å²) in [5.41, 5.74) is 1.45. The minimum absolute atomic E-state index is 0.272. The van der Waals surface area contributed by atoms with Crippen LogP contribution in [0.4, 0.5) is 0 Å². The number of aromatic amines is 1. The number of H-pyrrole nitrogens is 1. The van der Waals surface area contributed by atoms with E-state index < -0.39 is 0 Å². The second-order valence-electron chi connectivity index (χ2n) is 3.89. The van der Waals surface area contributed by atoms with Crippen LogP contribution in [0, 0.1) is 0 Å². The maximum absolute atomic E-state index is 11.3. The van der Waals surface area contributed by atoms with Crippen LogP contribution in [0.3, 0.4) is 0 Å². The molecule has 1 N–H and O–H groups in total. The number of benzene rings is 1. The van der Waals surface area contributed by atoms with Crippen LogP contribution in [0.15, 0.2) is 23.0 Å². The summed E-state index contributed by atoms with van der Waals surface area (Å²) in [5.74, 6) is 0.452. The van der Waals surface area contributed by atoms with Crippen LogP contribution in [0.25, 0.3) is 10.9 Å². The zero-order valence-electron chi connectivity index (χ0n) is 7.96. The van der Waals surface area contributed by atoms with Gasteiger partial charge in [-0.25, -0.2) is 4.79 Å². The summed E-state index contributed by atoms with van der Waals surface area (Å²) < 4.78 is 0. The van der Waals surface area contributed by atoms with E-state index in [0.29, 0.717) is 10.9 Å². The van der Waals surface area contributed by atoms with Crippen molar-refractivity contribution < 1.29 is 0 Å². The van der Waals surface area contributed by atoms with Crippen LogP contribution in [0.1, 0.15) is 24.5 Å². The van der Waals surface area contributed by atoms with Crippen molar-refractivity contribution in [2.45, 2.75) is 18.8 Å². The summed E-state index contributed by atoms with van der Waals surface area (Å²) in [6.07, 6.45) is 2.25. The van der Waals surface area contributed by atoms with E-state index in [1.54, 1.807) is 6.07 Å². The van der Waals surface area contributed by atoms with Gasteiger partial charge in [-0.15, -0.1) is 0 Å². The Kier molecular flexibility index (Phi) is 1.83. The van der Waals surface area contributed by atoms with Crippen LogP contribution >= 0.6 is 11.6 Å². The van der Waals surface area contributed by atoms with E-state index in [2.05, 4.69) is 9.97 Å². The van der Waals surface area contributed by atoms with E-state index in [9.17, 15) is 4.79 Å². The fourth-order valence-corrected chi connectivity index (χ4v) is 1.99. The summed E-state index contributed by atoms with van der Waals surface area (Å²) in [6, 6.07) is 5.47. The molecule has 1 aliphatic rings. The van der Waals surface area contributed by atoms with Gasteiger partial charge in [-0.2, -0.15) is 4.98 Å². The molecule has 4 heteroatoms. The van der Waals surface area contributed by atoms with Crippen molar-refractivity contribution in [3.63, 3.8) is 0 Å². The lowest BCUT2D eigenvalue weighted by Crippen LogP contribution is -2.12. The third-order valence-corrected chi connectivity index (χ3v) is 2.92. The molecule has 1 aliphatic carbocycles. The second-order valence-corrected chi connectivity index (χ2v) is 4.33. The van der Waals surface area contributed by atoms with E-state index in [1.165, 1.54) is 0 Å². The molecular formula is C11H9ClN2O. The number of fused-ring (bicyclic) bond motifs is 1. The van der Waals surface area contributed by atoms with Gasteiger partial charge in [-0.1, -0.05) is 11.6 Å². The highest BCUT2D eigenvalue weighted by molar-refractivity contribution is 6.31. The van der Waals surface area contributed by atoms with Gasteiger partial charge in [0.15, 0.2) is 0 Å². The number of nitrogens with zero attached hydrogens (tertiary/aromatic N) is 1. The molecule has 2 aromatic rings. The van der Waals surface area contributed by atoms with Crippen LogP contribution in [-0.2, 0) is 0 Å². The molecule has 0 bridgehead atoms. The summed E-state index contributed by atoms with van der Waals surface area (Å²) in [6.45, 7) is 0. The second kappa shape index (κ2) is 3.07. The molecule has 0 amide bonds. The topological polar surface area (TPSA) is 45.8 Å². The first-order valence-corrected chi connectivity index (χ1v) is 5.31. The number of halogens is 1. The van der Waals surface area contributed by atoms with Gasteiger partial charge in [0, 0.05) is 16.3 Å². The van der Waals surface area contributed by atoms with E-state index in [1.807, 2.05) is 12.1 Å². The van der Waals surface area contributed by atoms with Crippen molar-refractivity contribution in [1.82, 2.24) is 9.97 Å². The molecule has 3 rings (SSSR count). The molecule has 1 saturated carbocycles. The van der Waals surface area contributed by atoms with Gasteiger partial charge in [0.1, 0.15) is 0 Å². The van der Waals surface area contributed by atoms with Crippen molar-refractivity contribution in [1.29, 1.82) is 0 Å². The molecular weight excluding hydrogens is 212 g/mol. The Morgan fingerprint density at radius 2 is 2.20 bits per heavy atom. The van der Waals surface area contributed by atoms with Crippen molar-refractivity contribution in [3.8, 4) is 0 Å². The Morgan fingerprint density at radius 3 is 2.93 bits per heavy atom. The molecule has 1 heterocycles. The lowest BCUT2D eigenvalue weighted by Gasteiger charge is -2.03. The van der Waals surface area contributed by atoms with Gasteiger partial charge in [-0.05, 0) is 31.0 Å². The summed E-state index contributed by atoms with van der Waals surface area (Å²) in [7, 11) is 0. The number of hydrogen-bond acceptors (Lipinski definition) is 2. The Hall–Kier alpha value is -1.35. The normalized spacial score (nSPS) is 15.8. The minimum atomic E-state index is -0.272. The van der Waals surface area contributed by atoms with Crippen LogP contribution < -0.4 is 5.69 Å². The Balaban J connectivity index is 2.39. The molecule has 15 heavy (non-hydrogen) atoms. The fourth-order valence-electron chi connectivity index (χ4n) is 1.82. The van der Waals surface area contributed by atoms with Gasteiger partial charge >= 0.3 is 5.69 Å². The van der Waals surface area contributed by atoms with Crippen LogP contribution in [0.2, 0.25) is 5.02 Å². The Morgan fingerprint density at radius 1 is 1.40 bits per heavy atom. The van der Waals surface area contributed by atoms with Crippen molar-refractivity contribution in [2.24, 2.45) is 0 Å². The molecule has 1 fully saturated rings. The van der Waals surface area contributed by atoms with Gasteiger partial charge in [0.25, 0.3) is 0 Å². The highest BCUT2D eigenvalue weighted by Gasteiger charge is 2.27.